The van der Waals surface area contributed by atoms with Crippen LogP contribution in [0.1, 0.15) is 5.56 Å². The van der Waals surface area contributed by atoms with Gasteiger partial charge in [-0.15, -0.1) is 0 Å². The van der Waals surface area contributed by atoms with Crippen molar-refractivity contribution in [3.8, 4) is 0 Å². The summed E-state index contributed by atoms with van der Waals surface area (Å²) < 4.78 is 3.65. The molecular weight excluding hydrogens is 240 g/mol. The number of H-pyrrole nitrogens is 2. The molecule has 1 aromatic carbocycles. The van der Waals surface area contributed by atoms with Crippen LogP contribution in [0.25, 0.3) is 11.0 Å². The summed E-state index contributed by atoms with van der Waals surface area (Å²) in [5.41, 5.74) is 2.45. The number of benzene rings is 1. The molecule has 8 heteroatoms. The van der Waals surface area contributed by atoms with E-state index in [1.807, 2.05) is 18.2 Å². The Morgan fingerprint density at radius 3 is 3.00 bits per heavy atom. The largest absolute Gasteiger partial charge is 0.355 e. The van der Waals surface area contributed by atoms with E-state index in [1.165, 1.54) is 11.5 Å². The SMILES string of the molecule is O=c1[nH]c2ccc(CNc3nnns3)cc2[nH]1. The Labute approximate surface area is 99.1 Å². The molecule has 0 spiro atoms. The molecule has 2 heterocycles. The van der Waals surface area contributed by atoms with Crippen LogP contribution in [0, 0.1) is 0 Å². The fraction of sp³-hybridized carbons (Fsp3) is 0.111. The summed E-state index contributed by atoms with van der Waals surface area (Å²) in [4.78, 5) is 16.5. The number of hydrogen-bond donors (Lipinski definition) is 3. The maximum Gasteiger partial charge on any atom is 0.323 e. The second kappa shape index (κ2) is 3.98. The fourth-order valence-electron chi connectivity index (χ4n) is 1.57. The average molecular weight is 248 g/mol. The first kappa shape index (κ1) is 9.97. The molecule has 0 aliphatic rings. The zero-order valence-corrected chi connectivity index (χ0v) is 9.41. The summed E-state index contributed by atoms with van der Waals surface area (Å²) in [5.74, 6) is 0. The van der Waals surface area contributed by atoms with Gasteiger partial charge in [0, 0.05) is 18.1 Å². The van der Waals surface area contributed by atoms with Crippen LogP contribution in [-0.4, -0.2) is 24.8 Å². The molecule has 0 bridgehead atoms. The Morgan fingerprint density at radius 1 is 1.29 bits per heavy atom. The van der Waals surface area contributed by atoms with Gasteiger partial charge >= 0.3 is 5.69 Å². The molecular formula is C9H8N6OS. The van der Waals surface area contributed by atoms with Crippen molar-refractivity contribution >= 4 is 27.7 Å². The summed E-state index contributed by atoms with van der Waals surface area (Å²) in [6.45, 7) is 0.611. The molecule has 0 fully saturated rings. The monoisotopic (exact) mass is 248 g/mol. The van der Waals surface area contributed by atoms with Gasteiger partial charge in [-0.3, -0.25) is 0 Å². The number of nitrogens with one attached hydrogen (secondary N) is 3. The van der Waals surface area contributed by atoms with Crippen molar-refractivity contribution in [3.63, 3.8) is 0 Å². The highest BCUT2D eigenvalue weighted by molar-refractivity contribution is 7.09. The normalized spacial score (nSPS) is 10.8. The van der Waals surface area contributed by atoms with Crippen molar-refractivity contribution in [1.82, 2.24) is 24.8 Å². The zero-order valence-electron chi connectivity index (χ0n) is 8.60. The molecule has 0 saturated carbocycles. The molecule has 0 aliphatic heterocycles. The van der Waals surface area contributed by atoms with Gasteiger partial charge in [-0.1, -0.05) is 15.7 Å². The molecule has 3 rings (SSSR count). The van der Waals surface area contributed by atoms with Crippen molar-refractivity contribution in [2.45, 2.75) is 6.54 Å². The predicted molar refractivity (Wildman–Crippen MR) is 64.0 cm³/mol. The maximum absolute atomic E-state index is 11.1. The zero-order chi connectivity index (χ0) is 11.7. The van der Waals surface area contributed by atoms with Gasteiger partial charge in [-0.2, -0.15) is 0 Å². The molecule has 0 aliphatic carbocycles. The minimum atomic E-state index is -0.196. The lowest BCUT2D eigenvalue weighted by molar-refractivity contribution is 0.951. The number of aromatic nitrogens is 5. The van der Waals surface area contributed by atoms with Gasteiger partial charge in [0.05, 0.1) is 11.0 Å². The number of aromatic amines is 2. The van der Waals surface area contributed by atoms with Gasteiger partial charge in [-0.25, -0.2) is 4.79 Å². The molecule has 86 valence electrons. The molecule has 3 N–H and O–H groups in total. The molecule has 0 amide bonds. The second-order valence-electron chi connectivity index (χ2n) is 3.48. The van der Waals surface area contributed by atoms with Crippen LogP contribution in [0.4, 0.5) is 5.13 Å². The van der Waals surface area contributed by atoms with Crippen LogP contribution in [0.5, 0.6) is 0 Å². The molecule has 17 heavy (non-hydrogen) atoms. The average Bonchev–Trinajstić information content (AvgIpc) is 2.92. The lowest BCUT2D eigenvalue weighted by Crippen LogP contribution is -1.99. The first-order valence-electron chi connectivity index (χ1n) is 4.91. The van der Waals surface area contributed by atoms with Gasteiger partial charge in [0.25, 0.3) is 0 Å². The number of nitrogens with zero attached hydrogens (tertiary/aromatic N) is 3. The van der Waals surface area contributed by atoms with Crippen LogP contribution >= 0.6 is 11.5 Å². The number of anilines is 1. The van der Waals surface area contributed by atoms with Crippen molar-refractivity contribution in [2.75, 3.05) is 5.32 Å². The first-order chi connectivity index (χ1) is 8.31. The Hall–Kier alpha value is -2.22. The van der Waals surface area contributed by atoms with E-state index in [0.717, 1.165) is 16.6 Å². The minimum absolute atomic E-state index is 0.196. The van der Waals surface area contributed by atoms with Crippen molar-refractivity contribution in [2.24, 2.45) is 0 Å². The minimum Gasteiger partial charge on any atom is -0.355 e. The van der Waals surface area contributed by atoms with Crippen LogP contribution in [0.2, 0.25) is 0 Å². The third-order valence-corrected chi connectivity index (χ3v) is 2.88. The Morgan fingerprint density at radius 2 is 2.18 bits per heavy atom. The number of rotatable bonds is 3. The number of imidazole rings is 1. The smallest absolute Gasteiger partial charge is 0.323 e. The summed E-state index contributed by atoms with van der Waals surface area (Å²) in [5, 5.41) is 11.0. The number of fused-ring (bicyclic) bond motifs is 1. The van der Waals surface area contributed by atoms with E-state index in [1.54, 1.807) is 0 Å². The third-order valence-electron chi connectivity index (χ3n) is 2.32. The van der Waals surface area contributed by atoms with Gasteiger partial charge in [0.2, 0.25) is 5.13 Å². The summed E-state index contributed by atoms with van der Waals surface area (Å²) in [6, 6.07) is 5.71. The van der Waals surface area contributed by atoms with Crippen molar-refractivity contribution < 1.29 is 0 Å². The highest BCUT2D eigenvalue weighted by Crippen LogP contribution is 2.12. The highest BCUT2D eigenvalue weighted by Gasteiger charge is 2.01. The van der Waals surface area contributed by atoms with Crippen LogP contribution in [0.15, 0.2) is 23.0 Å². The molecule has 3 aromatic rings. The standard InChI is InChI=1S/C9H8N6OS/c16-8-11-6-2-1-5(3-7(6)12-8)4-10-9-13-14-15-17-9/h1-3H,4H2,(H,10,13,15)(H2,11,12,16). The predicted octanol–water partition coefficient (Wildman–Crippen LogP) is 0.715. The van der Waals surface area contributed by atoms with E-state index in [2.05, 4.69) is 30.1 Å². The molecule has 0 unspecified atom stereocenters. The Balaban J connectivity index is 1.83. The van der Waals surface area contributed by atoms with Crippen LogP contribution < -0.4 is 11.0 Å². The summed E-state index contributed by atoms with van der Waals surface area (Å²) in [6.07, 6.45) is 0. The van der Waals surface area contributed by atoms with E-state index in [4.69, 9.17) is 0 Å². The van der Waals surface area contributed by atoms with E-state index < -0.39 is 0 Å². The number of hydrogen-bond acceptors (Lipinski definition) is 6. The van der Waals surface area contributed by atoms with Gasteiger partial charge in [0.15, 0.2) is 0 Å². The van der Waals surface area contributed by atoms with Crippen LogP contribution in [0.3, 0.4) is 0 Å². The van der Waals surface area contributed by atoms with Gasteiger partial charge < -0.3 is 15.3 Å². The Kier molecular flexibility index (Phi) is 2.33. The third kappa shape index (κ3) is 2.02. The topological polar surface area (TPSA) is 99.3 Å². The van der Waals surface area contributed by atoms with E-state index in [9.17, 15) is 4.79 Å². The molecule has 0 saturated heterocycles. The Bertz CT molecular complexity index is 685. The van der Waals surface area contributed by atoms with Gasteiger partial charge in [0.1, 0.15) is 0 Å². The van der Waals surface area contributed by atoms with Crippen molar-refractivity contribution in [3.05, 3.63) is 34.2 Å². The molecule has 7 nitrogen and oxygen atoms in total. The lowest BCUT2D eigenvalue weighted by atomic mass is 10.2. The molecule has 0 atom stereocenters. The molecule has 0 radical (unpaired) electrons. The fourth-order valence-corrected chi connectivity index (χ4v) is 1.93. The summed E-state index contributed by atoms with van der Waals surface area (Å²) >= 11 is 1.20. The van der Waals surface area contributed by atoms with Gasteiger partial charge in [-0.05, 0) is 22.9 Å². The molecule has 2 aromatic heterocycles. The quantitative estimate of drug-likeness (QED) is 0.634. The van der Waals surface area contributed by atoms with E-state index in [-0.39, 0.29) is 5.69 Å². The maximum atomic E-state index is 11.1. The van der Waals surface area contributed by atoms with Crippen molar-refractivity contribution in [1.29, 1.82) is 0 Å². The lowest BCUT2D eigenvalue weighted by Gasteiger charge is -2.01. The van der Waals surface area contributed by atoms with E-state index in [0.29, 0.717) is 11.7 Å². The van der Waals surface area contributed by atoms with Crippen LogP contribution in [-0.2, 0) is 6.54 Å². The highest BCUT2D eigenvalue weighted by atomic mass is 32.1. The first-order valence-corrected chi connectivity index (χ1v) is 5.68. The summed E-state index contributed by atoms with van der Waals surface area (Å²) in [7, 11) is 0. The van der Waals surface area contributed by atoms with E-state index >= 15 is 0 Å². The second-order valence-corrected chi connectivity index (χ2v) is 4.21.